The minimum atomic E-state index is -1.48. The average Bonchev–Trinajstić information content (AvgIpc) is 3.09. The van der Waals surface area contributed by atoms with E-state index in [1.807, 2.05) is 13.8 Å². The minimum absolute atomic E-state index is 0.000310. The summed E-state index contributed by atoms with van der Waals surface area (Å²) >= 11 is 0. The van der Waals surface area contributed by atoms with Crippen LogP contribution in [0, 0.1) is 18.3 Å². The number of rotatable bonds is 10. The Hall–Kier alpha value is -1.46. The van der Waals surface area contributed by atoms with Gasteiger partial charge in [-0.2, -0.15) is 0 Å². The molecule has 0 bridgehead atoms. The van der Waals surface area contributed by atoms with E-state index in [-0.39, 0.29) is 28.3 Å². The Labute approximate surface area is 235 Å². The number of aliphatic hydroxyl groups excluding tert-OH is 1. The van der Waals surface area contributed by atoms with Crippen LogP contribution in [0.25, 0.3) is 0 Å². The lowest BCUT2D eigenvalue weighted by Crippen LogP contribution is -2.47. The van der Waals surface area contributed by atoms with Crippen molar-refractivity contribution in [2.24, 2.45) is 11.3 Å². The highest BCUT2D eigenvalue weighted by atomic mass is 28.3. The molecule has 1 aliphatic heterocycles. The van der Waals surface area contributed by atoms with Crippen molar-refractivity contribution in [1.29, 1.82) is 0 Å². The Balaban J connectivity index is 2.54. The molecule has 4 unspecified atom stereocenters. The SMILES string of the molecule is COc1c(C)c2c(c(C(C)(C)C)c1CC(O)C(C)=CCC(C)C(C)(O[SiH3])C(C)(C)C)C(=O)OC2O[SiH](C)C. The summed E-state index contributed by atoms with van der Waals surface area (Å²) in [6, 6.07) is 0. The number of allylic oxidation sites excluding steroid dienone is 1. The molecule has 1 aromatic rings. The van der Waals surface area contributed by atoms with E-state index in [9.17, 15) is 9.90 Å². The molecule has 1 aromatic carbocycles. The first kappa shape index (κ1) is 32.8. The Bertz CT molecular complexity index is 1050. The molecule has 1 N–H and O–H groups in total. The summed E-state index contributed by atoms with van der Waals surface area (Å²) in [5.41, 5.74) is 4.15. The Morgan fingerprint density at radius 2 is 1.76 bits per heavy atom. The highest BCUT2D eigenvalue weighted by molar-refractivity contribution is 6.48. The monoisotopic (exact) mass is 564 g/mol. The van der Waals surface area contributed by atoms with Crippen molar-refractivity contribution < 1.29 is 28.2 Å². The van der Waals surface area contributed by atoms with Crippen molar-refractivity contribution >= 4 is 25.5 Å². The molecule has 2 rings (SSSR count). The van der Waals surface area contributed by atoms with E-state index in [2.05, 4.69) is 74.6 Å². The van der Waals surface area contributed by atoms with Gasteiger partial charge < -0.3 is 23.4 Å². The number of hydrogen-bond donors (Lipinski definition) is 1. The fraction of sp³-hybridized carbons (Fsp3) is 0.700. The number of cyclic esters (lactones) is 1. The summed E-state index contributed by atoms with van der Waals surface area (Å²) in [5, 5.41) is 11.4. The maximum atomic E-state index is 13.2. The number of fused-ring (bicyclic) bond motifs is 1. The summed E-state index contributed by atoms with van der Waals surface area (Å²) in [7, 11) is 0.841. The second-order valence-corrected chi connectivity index (χ2v) is 16.1. The number of benzene rings is 1. The quantitative estimate of drug-likeness (QED) is 0.232. The van der Waals surface area contributed by atoms with Gasteiger partial charge in [-0.3, -0.25) is 0 Å². The number of esters is 1. The van der Waals surface area contributed by atoms with Gasteiger partial charge in [-0.15, -0.1) is 0 Å². The van der Waals surface area contributed by atoms with E-state index in [0.717, 1.165) is 34.2 Å². The third-order valence-electron chi connectivity index (χ3n) is 8.41. The molecule has 0 aromatic heterocycles. The fourth-order valence-corrected chi connectivity index (χ4v) is 7.32. The van der Waals surface area contributed by atoms with Crippen molar-refractivity contribution in [3.8, 4) is 5.75 Å². The number of methoxy groups -OCH3 is 1. The lowest BCUT2D eigenvalue weighted by atomic mass is 9.69. The molecule has 216 valence electrons. The summed E-state index contributed by atoms with van der Waals surface area (Å²) < 4.78 is 23.9. The normalized spacial score (nSPS) is 19.8. The molecule has 0 spiro atoms. The summed E-state index contributed by atoms with van der Waals surface area (Å²) in [5.74, 6) is 0.605. The van der Waals surface area contributed by atoms with Crippen molar-refractivity contribution in [3.05, 3.63) is 39.5 Å². The largest absolute Gasteiger partial charge is 0.496 e. The predicted octanol–water partition coefficient (Wildman–Crippen LogP) is 5.45. The van der Waals surface area contributed by atoms with Gasteiger partial charge in [0, 0.05) is 23.1 Å². The Morgan fingerprint density at radius 1 is 1.18 bits per heavy atom. The first-order chi connectivity index (χ1) is 17.3. The van der Waals surface area contributed by atoms with E-state index in [1.54, 1.807) is 7.11 Å². The van der Waals surface area contributed by atoms with Gasteiger partial charge in [0.25, 0.3) is 0 Å². The Morgan fingerprint density at radius 3 is 2.21 bits per heavy atom. The maximum Gasteiger partial charge on any atom is 0.341 e. The van der Waals surface area contributed by atoms with Crippen LogP contribution in [0.1, 0.15) is 108 Å². The van der Waals surface area contributed by atoms with Gasteiger partial charge >= 0.3 is 5.97 Å². The third-order valence-corrected chi connectivity index (χ3v) is 10.1. The van der Waals surface area contributed by atoms with Gasteiger partial charge in [-0.05, 0) is 68.2 Å². The molecule has 0 fully saturated rings. The molecule has 0 saturated heterocycles. The molecule has 1 heterocycles. The molecule has 0 amide bonds. The molecular weight excluding hydrogens is 512 g/mol. The maximum absolute atomic E-state index is 13.2. The summed E-state index contributed by atoms with van der Waals surface area (Å²) in [6.07, 6.45) is 1.85. The van der Waals surface area contributed by atoms with E-state index < -0.39 is 21.4 Å². The topological polar surface area (TPSA) is 74.2 Å². The van der Waals surface area contributed by atoms with Crippen LogP contribution in [0.15, 0.2) is 11.6 Å². The molecule has 6 nitrogen and oxygen atoms in total. The zero-order chi connectivity index (χ0) is 29.4. The van der Waals surface area contributed by atoms with Crippen molar-refractivity contribution in [3.63, 3.8) is 0 Å². The molecule has 8 heteroatoms. The van der Waals surface area contributed by atoms with Crippen LogP contribution < -0.4 is 4.74 Å². The van der Waals surface area contributed by atoms with Gasteiger partial charge in [0.15, 0.2) is 9.04 Å². The number of carbonyl (C=O) groups excluding carboxylic acids is 1. The van der Waals surface area contributed by atoms with Crippen LogP contribution >= 0.6 is 0 Å². The molecule has 0 radical (unpaired) electrons. The number of ether oxygens (including phenoxy) is 2. The average molecular weight is 565 g/mol. The van der Waals surface area contributed by atoms with Crippen LogP contribution in [0.2, 0.25) is 13.1 Å². The van der Waals surface area contributed by atoms with E-state index >= 15 is 0 Å². The van der Waals surface area contributed by atoms with Crippen molar-refractivity contribution in [1.82, 2.24) is 0 Å². The standard InChI is InChI=1S/C30H52O6Si2/c1-17(14-15-18(2)30(10,36-37)29(7,8)9)21(31)16-20-24(28(4,5)6)23-22(19(3)25(20)33-11)27(34-26(23)32)35-38(12)13/h14,18,21,27,31,38H,15-16H2,1-13,37H3. The minimum Gasteiger partial charge on any atom is -0.496 e. The molecule has 38 heavy (non-hydrogen) atoms. The number of aliphatic hydroxyl groups is 1. The van der Waals surface area contributed by atoms with Crippen LogP contribution in [0.4, 0.5) is 0 Å². The zero-order valence-corrected chi connectivity index (χ0v) is 29.4. The molecule has 4 atom stereocenters. The van der Waals surface area contributed by atoms with Crippen LogP contribution in [0.3, 0.4) is 0 Å². The van der Waals surface area contributed by atoms with Crippen molar-refractivity contribution in [2.45, 2.75) is 119 Å². The Kier molecular flexibility index (Phi) is 10.3. The van der Waals surface area contributed by atoms with E-state index in [0.29, 0.717) is 28.2 Å². The second kappa shape index (κ2) is 12.0. The van der Waals surface area contributed by atoms with Gasteiger partial charge in [0.1, 0.15) is 16.2 Å². The highest BCUT2D eigenvalue weighted by Gasteiger charge is 2.43. The van der Waals surface area contributed by atoms with Gasteiger partial charge in [-0.25, -0.2) is 4.79 Å². The third kappa shape index (κ3) is 6.46. The highest BCUT2D eigenvalue weighted by Crippen LogP contribution is 2.47. The van der Waals surface area contributed by atoms with Gasteiger partial charge in [0.2, 0.25) is 6.29 Å². The number of carbonyl (C=O) groups is 1. The van der Waals surface area contributed by atoms with Gasteiger partial charge in [0.05, 0.1) is 24.4 Å². The lowest BCUT2D eigenvalue weighted by Gasteiger charge is -2.46. The first-order valence-corrected chi connectivity index (χ1v) is 17.4. The van der Waals surface area contributed by atoms with E-state index in [1.165, 1.54) is 0 Å². The van der Waals surface area contributed by atoms with Crippen LogP contribution in [0.5, 0.6) is 5.75 Å². The van der Waals surface area contributed by atoms with Crippen LogP contribution in [-0.4, -0.2) is 49.4 Å². The zero-order valence-electron chi connectivity index (χ0n) is 26.3. The predicted molar refractivity (Wildman–Crippen MR) is 161 cm³/mol. The van der Waals surface area contributed by atoms with Crippen molar-refractivity contribution in [2.75, 3.05) is 7.11 Å². The summed E-state index contributed by atoms with van der Waals surface area (Å²) in [4.78, 5) is 13.2. The fourth-order valence-electron chi connectivity index (χ4n) is 5.62. The lowest BCUT2D eigenvalue weighted by molar-refractivity contribution is -0.0546. The smallest absolute Gasteiger partial charge is 0.341 e. The van der Waals surface area contributed by atoms with Crippen LogP contribution in [-0.2, 0) is 25.4 Å². The molecule has 0 saturated carbocycles. The first-order valence-electron chi connectivity index (χ1n) is 13.8. The van der Waals surface area contributed by atoms with E-state index in [4.69, 9.17) is 18.3 Å². The van der Waals surface area contributed by atoms with Gasteiger partial charge in [-0.1, -0.05) is 54.5 Å². The number of hydrogen-bond acceptors (Lipinski definition) is 6. The molecule has 0 aliphatic carbocycles. The molecule has 1 aliphatic rings. The second-order valence-electron chi connectivity index (χ2n) is 13.3. The summed E-state index contributed by atoms with van der Waals surface area (Å²) in [6.45, 7) is 25.3. The molecular formula is C30H52O6Si2.